The van der Waals surface area contributed by atoms with Crippen LogP contribution in [0.15, 0.2) is 12.1 Å². The molecule has 1 aromatic rings. The second kappa shape index (κ2) is 3.18. The SMILES string of the molecule is [C-]#[N+]C(C)c1ccc(C#N)s1. The number of nitrogens with zero attached hydrogens (tertiary/aromatic N) is 2. The van der Waals surface area contributed by atoms with Gasteiger partial charge >= 0.3 is 0 Å². The third-order valence-electron chi connectivity index (χ3n) is 1.34. The summed E-state index contributed by atoms with van der Waals surface area (Å²) in [6, 6.07) is 5.52. The van der Waals surface area contributed by atoms with Crippen molar-refractivity contribution in [2.75, 3.05) is 0 Å². The van der Waals surface area contributed by atoms with Crippen LogP contribution in [-0.4, -0.2) is 0 Å². The highest BCUT2D eigenvalue weighted by Crippen LogP contribution is 2.24. The zero-order chi connectivity index (χ0) is 8.27. The fraction of sp³-hybridized carbons (Fsp3) is 0.250. The van der Waals surface area contributed by atoms with Gasteiger partial charge in [-0.15, -0.1) is 11.3 Å². The van der Waals surface area contributed by atoms with Crippen LogP contribution in [-0.2, 0) is 0 Å². The van der Waals surface area contributed by atoms with Gasteiger partial charge in [-0.05, 0) is 12.1 Å². The zero-order valence-corrected chi connectivity index (χ0v) is 6.85. The summed E-state index contributed by atoms with van der Waals surface area (Å²) in [7, 11) is 0. The van der Waals surface area contributed by atoms with Crippen LogP contribution in [0.4, 0.5) is 0 Å². The van der Waals surface area contributed by atoms with E-state index in [0.29, 0.717) is 4.88 Å². The molecule has 1 aromatic heterocycles. The van der Waals surface area contributed by atoms with Crippen LogP contribution in [0, 0.1) is 17.9 Å². The third-order valence-corrected chi connectivity index (χ3v) is 2.50. The molecule has 0 aliphatic rings. The van der Waals surface area contributed by atoms with Gasteiger partial charge in [-0.25, -0.2) is 6.57 Å². The van der Waals surface area contributed by atoms with E-state index in [1.54, 1.807) is 6.07 Å². The zero-order valence-electron chi connectivity index (χ0n) is 6.03. The van der Waals surface area contributed by atoms with E-state index in [2.05, 4.69) is 4.85 Å². The molecule has 0 saturated heterocycles. The Bertz CT molecular complexity index is 327. The van der Waals surface area contributed by atoms with Crippen molar-refractivity contribution in [1.82, 2.24) is 0 Å². The van der Waals surface area contributed by atoms with E-state index in [9.17, 15) is 0 Å². The highest BCUT2D eigenvalue weighted by molar-refractivity contribution is 7.12. The fourth-order valence-corrected chi connectivity index (χ4v) is 1.50. The lowest BCUT2D eigenvalue weighted by Gasteiger charge is -1.89. The predicted molar refractivity (Wildman–Crippen MR) is 44.1 cm³/mol. The maximum absolute atomic E-state index is 8.49. The van der Waals surface area contributed by atoms with Gasteiger partial charge < -0.3 is 4.85 Å². The summed E-state index contributed by atoms with van der Waals surface area (Å²) < 4.78 is 0. The minimum absolute atomic E-state index is 0.109. The van der Waals surface area contributed by atoms with Crippen LogP contribution in [0.3, 0.4) is 0 Å². The van der Waals surface area contributed by atoms with Gasteiger partial charge in [0.15, 0.2) is 0 Å². The first-order valence-electron chi connectivity index (χ1n) is 3.14. The van der Waals surface area contributed by atoms with E-state index in [-0.39, 0.29) is 6.04 Å². The maximum Gasteiger partial charge on any atom is 0.255 e. The number of nitriles is 1. The van der Waals surface area contributed by atoms with Gasteiger partial charge in [0.2, 0.25) is 0 Å². The van der Waals surface area contributed by atoms with Crippen LogP contribution in [0.5, 0.6) is 0 Å². The fourth-order valence-electron chi connectivity index (χ4n) is 0.701. The Labute approximate surface area is 69.5 Å². The second-order valence-corrected chi connectivity index (χ2v) is 3.23. The molecule has 0 radical (unpaired) electrons. The molecule has 0 spiro atoms. The monoisotopic (exact) mass is 162 g/mol. The molecule has 0 aliphatic heterocycles. The van der Waals surface area contributed by atoms with Gasteiger partial charge in [-0.1, -0.05) is 0 Å². The molecule has 3 heteroatoms. The first-order valence-corrected chi connectivity index (χ1v) is 3.96. The molecule has 1 unspecified atom stereocenters. The predicted octanol–water partition coefficient (Wildman–Crippen LogP) is 2.60. The Morgan fingerprint density at radius 2 is 2.45 bits per heavy atom. The molecule has 11 heavy (non-hydrogen) atoms. The Morgan fingerprint density at radius 3 is 2.91 bits per heavy atom. The lowest BCUT2D eigenvalue weighted by molar-refractivity contribution is 0.991. The van der Waals surface area contributed by atoms with Crippen molar-refractivity contribution in [3.63, 3.8) is 0 Å². The minimum Gasteiger partial charge on any atom is -0.308 e. The molecular formula is C8H6N2S. The standard InChI is InChI=1S/C8H6N2S/c1-6(10-2)8-4-3-7(5-9)11-8/h3-4,6H,1H3. The Balaban J connectivity index is 2.93. The molecule has 1 atom stereocenters. The van der Waals surface area contributed by atoms with Crippen molar-refractivity contribution in [1.29, 1.82) is 5.26 Å². The topological polar surface area (TPSA) is 28.1 Å². The van der Waals surface area contributed by atoms with Crippen LogP contribution in [0.2, 0.25) is 0 Å². The van der Waals surface area contributed by atoms with Crippen molar-refractivity contribution in [3.05, 3.63) is 33.3 Å². The highest BCUT2D eigenvalue weighted by atomic mass is 32.1. The molecule has 0 fully saturated rings. The molecular weight excluding hydrogens is 156 g/mol. The normalized spacial score (nSPS) is 11.5. The van der Waals surface area contributed by atoms with Gasteiger partial charge in [-0.3, -0.25) is 0 Å². The molecule has 2 nitrogen and oxygen atoms in total. The molecule has 0 saturated carbocycles. The molecule has 1 rings (SSSR count). The summed E-state index contributed by atoms with van der Waals surface area (Å²) in [6.45, 7) is 8.59. The minimum atomic E-state index is -0.109. The number of hydrogen-bond donors (Lipinski definition) is 0. The maximum atomic E-state index is 8.49. The highest BCUT2D eigenvalue weighted by Gasteiger charge is 2.10. The quantitative estimate of drug-likeness (QED) is 0.583. The molecule has 0 aliphatic carbocycles. The van der Waals surface area contributed by atoms with E-state index < -0.39 is 0 Å². The van der Waals surface area contributed by atoms with Gasteiger partial charge in [0.05, 0.1) is 4.88 Å². The van der Waals surface area contributed by atoms with E-state index in [1.807, 2.05) is 19.1 Å². The van der Waals surface area contributed by atoms with Crippen LogP contribution >= 0.6 is 11.3 Å². The Morgan fingerprint density at radius 1 is 1.73 bits per heavy atom. The Hall–Kier alpha value is -1.32. The summed E-state index contributed by atoms with van der Waals surface area (Å²) in [6.07, 6.45) is 0. The van der Waals surface area contributed by atoms with Gasteiger partial charge in [0.25, 0.3) is 6.04 Å². The van der Waals surface area contributed by atoms with Crippen molar-refractivity contribution in [3.8, 4) is 6.07 Å². The van der Waals surface area contributed by atoms with E-state index in [0.717, 1.165) is 4.88 Å². The second-order valence-electron chi connectivity index (χ2n) is 2.12. The van der Waals surface area contributed by atoms with E-state index >= 15 is 0 Å². The first kappa shape index (κ1) is 7.78. The summed E-state index contributed by atoms with van der Waals surface area (Å²) in [4.78, 5) is 5.00. The van der Waals surface area contributed by atoms with Crippen LogP contribution < -0.4 is 0 Å². The van der Waals surface area contributed by atoms with Crippen molar-refractivity contribution in [2.45, 2.75) is 13.0 Å². The molecule has 1 heterocycles. The largest absolute Gasteiger partial charge is 0.308 e. The third kappa shape index (κ3) is 1.58. The molecule has 0 amide bonds. The Kier molecular flexibility index (Phi) is 2.25. The van der Waals surface area contributed by atoms with Crippen LogP contribution in [0.1, 0.15) is 22.7 Å². The molecule has 54 valence electrons. The molecule has 0 N–H and O–H groups in total. The summed E-state index contributed by atoms with van der Waals surface area (Å²) in [5.41, 5.74) is 0. The van der Waals surface area contributed by atoms with E-state index in [4.69, 9.17) is 11.8 Å². The summed E-state index contributed by atoms with van der Waals surface area (Å²) in [5, 5.41) is 8.49. The molecule has 0 aromatic carbocycles. The number of thiophene rings is 1. The van der Waals surface area contributed by atoms with Gasteiger partial charge in [0.1, 0.15) is 10.9 Å². The van der Waals surface area contributed by atoms with E-state index in [1.165, 1.54) is 11.3 Å². The molecule has 0 bridgehead atoms. The first-order chi connectivity index (χ1) is 5.27. The van der Waals surface area contributed by atoms with Gasteiger partial charge in [-0.2, -0.15) is 5.26 Å². The average Bonchev–Trinajstić information content (AvgIpc) is 2.50. The van der Waals surface area contributed by atoms with Crippen molar-refractivity contribution in [2.24, 2.45) is 0 Å². The average molecular weight is 162 g/mol. The lowest BCUT2D eigenvalue weighted by atomic mass is 10.3. The summed E-state index contributed by atoms with van der Waals surface area (Å²) >= 11 is 1.39. The van der Waals surface area contributed by atoms with Crippen LogP contribution in [0.25, 0.3) is 4.85 Å². The van der Waals surface area contributed by atoms with Crippen molar-refractivity contribution < 1.29 is 0 Å². The smallest absolute Gasteiger partial charge is 0.255 e. The van der Waals surface area contributed by atoms with Crippen molar-refractivity contribution >= 4 is 11.3 Å². The number of hydrogen-bond acceptors (Lipinski definition) is 2. The lowest BCUT2D eigenvalue weighted by Crippen LogP contribution is -1.77. The number of rotatable bonds is 1. The summed E-state index contributed by atoms with van der Waals surface area (Å²) in [5.74, 6) is 0. The van der Waals surface area contributed by atoms with Gasteiger partial charge in [0, 0.05) is 6.92 Å².